The minimum Gasteiger partial charge on any atom is -0.465 e. The molecule has 0 aliphatic rings. The predicted molar refractivity (Wildman–Crippen MR) is 57.0 cm³/mol. The summed E-state index contributed by atoms with van der Waals surface area (Å²) < 4.78 is 40.3. The number of aliphatic hydroxyl groups excluding tert-OH is 1. The highest BCUT2D eigenvalue weighted by atomic mass is 19.3. The number of rotatable bonds is 4. The Morgan fingerprint density at radius 3 is 2.61 bits per heavy atom. The van der Waals surface area contributed by atoms with Gasteiger partial charge >= 0.3 is 6.09 Å². The molecule has 0 bridgehead atoms. The van der Waals surface area contributed by atoms with Crippen molar-refractivity contribution in [1.29, 1.82) is 0 Å². The number of alkyl halides is 2. The number of carboxylic acid groups (broad SMARTS) is 1. The molecule has 0 heterocycles. The second-order valence-corrected chi connectivity index (χ2v) is 3.74. The molecule has 1 aromatic rings. The molecule has 0 aliphatic heterocycles. The Morgan fingerprint density at radius 2 is 2.11 bits per heavy atom. The second-order valence-electron chi connectivity index (χ2n) is 3.74. The lowest BCUT2D eigenvalue weighted by atomic mass is 10.0. The van der Waals surface area contributed by atoms with E-state index < -0.39 is 36.0 Å². The number of aliphatic hydroxyl groups is 1. The van der Waals surface area contributed by atoms with E-state index in [0.717, 1.165) is 6.07 Å². The van der Waals surface area contributed by atoms with E-state index in [1.807, 2.05) is 5.32 Å². The predicted octanol–water partition coefficient (Wildman–Crippen LogP) is 2.24. The van der Waals surface area contributed by atoms with Gasteiger partial charge in [0.1, 0.15) is 12.4 Å². The first kappa shape index (κ1) is 14.3. The Hall–Kier alpha value is -1.76. The molecule has 0 saturated carbocycles. The Morgan fingerprint density at radius 1 is 1.50 bits per heavy atom. The average molecular weight is 263 g/mol. The lowest BCUT2D eigenvalue weighted by Gasteiger charge is -2.19. The van der Waals surface area contributed by atoms with E-state index in [9.17, 15) is 18.0 Å². The zero-order valence-electron chi connectivity index (χ0n) is 9.45. The van der Waals surface area contributed by atoms with Crippen molar-refractivity contribution in [3.05, 3.63) is 35.1 Å². The molecule has 0 aromatic heterocycles. The van der Waals surface area contributed by atoms with E-state index in [4.69, 9.17) is 10.2 Å². The van der Waals surface area contributed by atoms with Gasteiger partial charge in [0.05, 0.1) is 11.6 Å². The van der Waals surface area contributed by atoms with Crippen molar-refractivity contribution < 1.29 is 28.2 Å². The van der Waals surface area contributed by atoms with E-state index >= 15 is 0 Å². The van der Waals surface area contributed by atoms with Crippen molar-refractivity contribution in [2.45, 2.75) is 18.9 Å². The van der Waals surface area contributed by atoms with E-state index in [-0.39, 0.29) is 5.56 Å². The van der Waals surface area contributed by atoms with Gasteiger partial charge in [0, 0.05) is 5.56 Å². The lowest BCUT2D eigenvalue weighted by molar-refractivity contribution is -0.0584. The summed E-state index contributed by atoms with van der Waals surface area (Å²) in [6.45, 7) is -0.193. The van der Waals surface area contributed by atoms with Gasteiger partial charge in [-0.15, -0.1) is 0 Å². The molecule has 1 rings (SSSR count). The molecule has 4 nitrogen and oxygen atoms in total. The summed E-state index contributed by atoms with van der Waals surface area (Å²) >= 11 is 0. The first-order valence-electron chi connectivity index (χ1n) is 5.06. The van der Waals surface area contributed by atoms with Gasteiger partial charge < -0.3 is 15.5 Å². The van der Waals surface area contributed by atoms with Gasteiger partial charge in [0.2, 0.25) is 0 Å². The molecule has 1 aromatic carbocycles. The van der Waals surface area contributed by atoms with Gasteiger partial charge in [-0.2, -0.15) is 8.78 Å². The zero-order valence-corrected chi connectivity index (χ0v) is 9.45. The first-order chi connectivity index (χ1) is 8.29. The maximum Gasteiger partial charge on any atom is 0.405 e. The van der Waals surface area contributed by atoms with Crippen LogP contribution in [0.25, 0.3) is 0 Å². The van der Waals surface area contributed by atoms with Crippen LogP contribution in [0.5, 0.6) is 0 Å². The number of benzene rings is 1. The third kappa shape index (κ3) is 2.92. The summed E-state index contributed by atoms with van der Waals surface area (Å²) in [6.07, 6.45) is -1.39. The summed E-state index contributed by atoms with van der Waals surface area (Å²) in [4.78, 5) is 10.4. The molecule has 18 heavy (non-hydrogen) atoms. The van der Waals surface area contributed by atoms with E-state index in [1.165, 1.54) is 19.1 Å². The van der Waals surface area contributed by atoms with Crippen LogP contribution in [0.3, 0.4) is 0 Å². The molecule has 1 amide bonds. The first-order valence-corrected chi connectivity index (χ1v) is 5.06. The summed E-state index contributed by atoms with van der Waals surface area (Å²) in [6, 6.07) is 2.25. The van der Waals surface area contributed by atoms with Crippen LogP contribution in [0.2, 0.25) is 0 Å². The van der Waals surface area contributed by atoms with E-state index in [0.29, 0.717) is 0 Å². The molecule has 0 fully saturated rings. The molecule has 7 heteroatoms. The zero-order chi connectivity index (χ0) is 13.9. The van der Waals surface area contributed by atoms with Crippen molar-refractivity contribution >= 4 is 6.09 Å². The van der Waals surface area contributed by atoms with Gasteiger partial charge in [0.25, 0.3) is 5.92 Å². The van der Waals surface area contributed by atoms with Crippen LogP contribution in [0.15, 0.2) is 18.2 Å². The lowest BCUT2D eigenvalue weighted by Crippen LogP contribution is -2.27. The molecule has 1 atom stereocenters. The standard InChI is InChI=1S/C11H12F3NO3/c1-6(15-10(17)18)7-3-2-4-8(9(7)12)11(13,14)5-16/h2-4,6,15-16H,5H2,1H3,(H,17,18). The Labute approximate surface area is 101 Å². The molecule has 0 radical (unpaired) electrons. The molecule has 0 saturated heterocycles. The average Bonchev–Trinajstić information content (AvgIpc) is 2.28. The third-order valence-electron chi connectivity index (χ3n) is 2.43. The molecule has 100 valence electrons. The third-order valence-corrected chi connectivity index (χ3v) is 2.43. The van der Waals surface area contributed by atoms with Gasteiger partial charge in [-0.3, -0.25) is 0 Å². The van der Waals surface area contributed by atoms with E-state index in [2.05, 4.69) is 0 Å². The number of amides is 1. The molecule has 1 unspecified atom stereocenters. The second kappa shape index (κ2) is 5.26. The van der Waals surface area contributed by atoms with Gasteiger partial charge in [-0.1, -0.05) is 12.1 Å². The van der Waals surface area contributed by atoms with Crippen LogP contribution in [0, 0.1) is 5.82 Å². The van der Waals surface area contributed by atoms with Crippen LogP contribution in [0.4, 0.5) is 18.0 Å². The molecule has 0 aliphatic carbocycles. The highest BCUT2D eigenvalue weighted by molar-refractivity contribution is 5.65. The minimum atomic E-state index is -3.71. The van der Waals surface area contributed by atoms with Crippen LogP contribution in [0.1, 0.15) is 24.1 Å². The van der Waals surface area contributed by atoms with Crippen molar-refractivity contribution in [1.82, 2.24) is 5.32 Å². The normalized spacial score (nSPS) is 13.2. The fourth-order valence-corrected chi connectivity index (χ4v) is 1.51. The number of carbonyl (C=O) groups is 1. The molecule has 0 spiro atoms. The maximum absolute atomic E-state index is 13.8. The molecular weight excluding hydrogens is 251 g/mol. The number of hydrogen-bond donors (Lipinski definition) is 3. The Kier molecular flexibility index (Phi) is 4.18. The van der Waals surface area contributed by atoms with Crippen molar-refractivity contribution in [2.75, 3.05) is 6.61 Å². The Balaban J connectivity index is 3.17. The highest BCUT2D eigenvalue weighted by Crippen LogP contribution is 2.32. The van der Waals surface area contributed by atoms with Gasteiger partial charge in [-0.25, -0.2) is 9.18 Å². The number of nitrogens with one attached hydrogen (secondary N) is 1. The minimum absolute atomic E-state index is 0.206. The topological polar surface area (TPSA) is 69.6 Å². The quantitative estimate of drug-likeness (QED) is 0.780. The summed E-state index contributed by atoms with van der Waals surface area (Å²) in [5.74, 6) is -4.93. The van der Waals surface area contributed by atoms with Crippen LogP contribution in [-0.2, 0) is 5.92 Å². The molecular formula is C11H12F3NO3. The number of hydrogen-bond acceptors (Lipinski definition) is 2. The SMILES string of the molecule is CC(NC(=O)O)c1cccc(C(F)(F)CO)c1F. The number of halogens is 3. The summed E-state index contributed by atoms with van der Waals surface area (Å²) in [7, 11) is 0. The molecule has 3 N–H and O–H groups in total. The largest absolute Gasteiger partial charge is 0.465 e. The van der Waals surface area contributed by atoms with E-state index in [1.54, 1.807) is 0 Å². The van der Waals surface area contributed by atoms with Gasteiger partial charge in [-0.05, 0) is 13.0 Å². The highest BCUT2D eigenvalue weighted by Gasteiger charge is 2.35. The van der Waals surface area contributed by atoms with Crippen LogP contribution in [-0.4, -0.2) is 22.9 Å². The fourth-order valence-electron chi connectivity index (χ4n) is 1.51. The van der Waals surface area contributed by atoms with Crippen molar-refractivity contribution in [3.8, 4) is 0 Å². The van der Waals surface area contributed by atoms with Gasteiger partial charge in [0.15, 0.2) is 0 Å². The fraction of sp³-hybridized carbons (Fsp3) is 0.364. The van der Waals surface area contributed by atoms with Crippen molar-refractivity contribution in [3.63, 3.8) is 0 Å². The summed E-state index contributed by atoms with van der Waals surface area (Å²) in [5.41, 5.74) is -1.16. The van der Waals surface area contributed by atoms with Crippen LogP contribution >= 0.6 is 0 Å². The monoisotopic (exact) mass is 263 g/mol. The van der Waals surface area contributed by atoms with Crippen molar-refractivity contribution in [2.24, 2.45) is 0 Å². The van der Waals surface area contributed by atoms with Crippen LogP contribution < -0.4 is 5.32 Å². The smallest absolute Gasteiger partial charge is 0.405 e. The Bertz CT molecular complexity index is 451. The summed E-state index contributed by atoms with van der Waals surface area (Å²) in [5, 5.41) is 19.0. The maximum atomic E-state index is 13.8.